The van der Waals surface area contributed by atoms with E-state index >= 15 is 0 Å². The Kier molecular flexibility index (Phi) is 6.01. The normalized spacial score (nSPS) is 23.0. The van der Waals surface area contributed by atoms with Crippen LogP contribution < -0.4 is 0 Å². The fourth-order valence-corrected chi connectivity index (χ4v) is 4.35. The number of halogens is 1. The topological polar surface area (TPSA) is 62.4 Å². The molecule has 5 nitrogen and oxygen atoms in total. The van der Waals surface area contributed by atoms with Crippen molar-refractivity contribution in [3.63, 3.8) is 0 Å². The van der Waals surface area contributed by atoms with Gasteiger partial charge in [0.1, 0.15) is 0 Å². The average molecular weight is 466 g/mol. The summed E-state index contributed by atoms with van der Waals surface area (Å²) < 4.78 is 5.19. The molecule has 1 aromatic carbocycles. The van der Waals surface area contributed by atoms with Gasteiger partial charge in [-0.3, -0.25) is 4.79 Å². The first kappa shape index (κ1) is 18.9. The van der Waals surface area contributed by atoms with E-state index in [1.807, 2.05) is 35.4 Å². The van der Waals surface area contributed by atoms with E-state index in [2.05, 4.69) is 40.6 Å². The number of fused-ring (bicyclic) bond motifs is 1. The fraction of sp³-hybridized carbons (Fsp3) is 0.400. The van der Waals surface area contributed by atoms with Crippen molar-refractivity contribution in [2.75, 3.05) is 11.5 Å². The molecule has 138 valence electrons. The number of hydrogen-bond acceptors (Lipinski definition) is 3. The van der Waals surface area contributed by atoms with Crippen molar-refractivity contribution in [2.24, 2.45) is 5.92 Å². The first-order valence-corrected chi connectivity index (χ1v) is 10.3. The summed E-state index contributed by atoms with van der Waals surface area (Å²) in [6, 6.07) is 8.20. The lowest BCUT2D eigenvalue weighted by molar-refractivity contribution is -0.134. The summed E-state index contributed by atoms with van der Waals surface area (Å²) in [5.74, 6) is -0.152. The zero-order chi connectivity index (χ0) is 18.7. The highest BCUT2D eigenvalue weighted by atomic mass is 127. The van der Waals surface area contributed by atoms with Gasteiger partial charge in [0.25, 0.3) is 0 Å². The highest BCUT2D eigenvalue weighted by molar-refractivity contribution is 14.1. The molecule has 26 heavy (non-hydrogen) atoms. The smallest absolute Gasteiger partial charge is 0.330 e. The monoisotopic (exact) mass is 466 g/mol. The second-order valence-corrected chi connectivity index (χ2v) is 7.28. The zero-order valence-electron chi connectivity index (χ0n) is 14.9. The molecule has 6 heteroatoms. The van der Waals surface area contributed by atoms with E-state index in [0.29, 0.717) is 4.43 Å². The van der Waals surface area contributed by atoms with Crippen LogP contribution in [0.15, 0.2) is 42.6 Å². The Labute approximate surface area is 166 Å². The number of esters is 1. The highest BCUT2D eigenvalue weighted by Gasteiger charge is 2.43. The van der Waals surface area contributed by atoms with Crippen LogP contribution in [-0.4, -0.2) is 39.3 Å². The Hall–Kier alpha value is -1.83. The maximum atomic E-state index is 12.8. The van der Waals surface area contributed by atoms with Gasteiger partial charge in [0.2, 0.25) is 5.91 Å². The molecule has 0 unspecified atom stereocenters. The number of ether oxygens (including phenoxy) is 1. The van der Waals surface area contributed by atoms with Crippen LogP contribution in [-0.2, 0) is 14.3 Å². The molecule has 1 fully saturated rings. The number of benzene rings is 1. The highest BCUT2D eigenvalue weighted by Crippen LogP contribution is 2.45. The quantitative estimate of drug-likeness (QED) is 0.314. The number of nitrogens with zero attached hydrogens (tertiary/aromatic N) is 1. The molecule has 1 saturated heterocycles. The number of aromatic nitrogens is 1. The second-order valence-electron chi connectivity index (χ2n) is 6.51. The summed E-state index contributed by atoms with van der Waals surface area (Å²) in [6.07, 6.45) is 7.12. The number of alkyl halides is 1. The van der Waals surface area contributed by atoms with Gasteiger partial charge in [0, 0.05) is 40.7 Å². The first-order chi connectivity index (χ1) is 12.6. The third-order valence-electron chi connectivity index (χ3n) is 5.14. The van der Waals surface area contributed by atoms with Crippen molar-refractivity contribution in [2.45, 2.75) is 31.8 Å². The molecule has 1 amide bonds. The van der Waals surface area contributed by atoms with Crippen molar-refractivity contribution >= 4 is 45.4 Å². The summed E-state index contributed by atoms with van der Waals surface area (Å²) in [4.78, 5) is 29.7. The minimum Gasteiger partial charge on any atom is -0.466 e. The molecular weight excluding hydrogens is 443 g/mol. The standard InChI is InChI=1S/C20H23IN2O3/c1-3-14-10-13(8-9-19(25)26-2)20(23(14)18(24)11-21)16-12-22-17-7-5-4-6-15(16)17/h4-9,12-14,20,22H,3,10-11H2,1-2H3/b9-8+/t13-,14+,20+/m0/s1. The molecule has 0 saturated carbocycles. The summed E-state index contributed by atoms with van der Waals surface area (Å²) >= 11 is 2.13. The molecule has 0 bridgehead atoms. The van der Waals surface area contributed by atoms with Crippen molar-refractivity contribution in [3.8, 4) is 0 Å². The number of nitrogens with one attached hydrogen (secondary N) is 1. The molecular formula is C20H23IN2O3. The van der Waals surface area contributed by atoms with Crippen LogP contribution in [0.25, 0.3) is 10.9 Å². The van der Waals surface area contributed by atoms with E-state index in [0.717, 1.165) is 29.3 Å². The number of carbonyl (C=O) groups is 2. The van der Waals surface area contributed by atoms with Crippen LogP contribution in [0.1, 0.15) is 31.4 Å². The summed E-state index contributed by atoms with van der Waals surface area (Å²) in [7, 11) is 1.37. The number of amides is 1. The van der Waals surface area contributed by atoms with Crippen molar-refractivity contribution in [1.29, 1.82) is 0 Å². The zero-order valence-corrected chi connectivity index (χ0v) is 17.1. The molecule has 0 aliphatic carbocycles. The predicted octanol–water partition coefficient (Wildman–Crippen LogP) is 4.00. The third kappa shape index (κ3) is 3.51. The average Bonchev–Trinajstić information content (AvgIpc) is 3.26. The lowest BCUT2D eigenvalue weighted by Crippen LogP contribution is -2.38. The third-order valence-corrected chi connectivity index (χ3v) is 5.79. The molecule has 2 heterocycles. The molecule has 1 N–H and O–H groups in total. The summed E-state index contributed by atoms with van der Waals surface area (Å²) in [5, 5.41) is 1.12. The van der Waals surface area contributed by atoms with Crippen molar-refractivity contribution < 1.29 is 14.3 Å². The number of carbonyl (C=O) groups excluding carboxylic acids is 2. The van der Waals surface area contributed by atoms with E-state index in [1.165, 1.54) is 13.2 Å². The van der Waals surface area contributed by atoms with Crippen LogP contribution in [0.3, 0.4) is 0 Å². The molecule has 1 aliphatic heterocycles. The largest absolute Gasteiger partial charge is 0.466 e. The van der Waals surface area contributed by atoms with Crippen LogP contribution in [0.2, 0.25) is 0 Å². The van der Waals surface area contributed by atoms with Gasteiger partial charge in [-0.05, 0) is 18.9 Å². The Bertz CT molecular complexity index is 829. The predicted molar refractivity (Wildman–Crippen MR) is 110 cm³/mol. The molecule has 3 atom stereocenters. The van der Waals surface area contributed by atoms with Gasteiger partial charge in [-0.2, -0.15) is 0 Å². The van der Waals surface area contributed by atoms with E-state index in [9.17, 15) is 9.59 Å². The molecule has 3 rings (SSSR count). The van der Waals surface area contributed by atoms with Crippen LogP contribution in [0, 0.1) is 5.92 Å². The van der Waals surface area contributed by atoms with Crippen molar-refractivity contribution in [1.82, 2.24) is 9.88 Å². The van der Waals surface area contributed by atoms with Crippen LogP contribution >= 0.6 is 22.6 Å². The van der Waals surface area contributed by atoms with E-state index in [-0.39, 0.29) is 29.9 Å². The number of likely N-dealkylation sites (tertiary alicyclic amines) is 1. The fourth-order valence-electron chi connectivity index (χ4n) is 3.95. The number of hydrogen-bond donors (Lipinski definition) is 1. The lowest BCUT2D eigenvalue weighted by atomic mass is 9.92. The second kappa shape index (κ2) is 8.24. The number of rotatable bonds is 5. The Morgan fingerprint density at radius 1 is 1.38 bits per heavy atom. The van der Waals surface area contributed by atoms with Gasteiger partial charge in [-0.15, -0.1) is 0 Å². The van der Waals surface area contributed by atoms with Gasteiger partial charge in [-0.1, -0.05) is 53.8 Å². The molecule has 2 aromatic rings. The maximum Gasteiger partial charge on any atom is 0.330 e. The Morgan fingerprint density at radius 3 is 2.85 bits per heavy atom. The van der Waals surface area contributed by atoms with Gasteiger partial charge >= 0.3 is 5.97 Å². The van der Waals surface area contributed by atoms with E-state index < -0.39 is 0 Å². The van der Waals surface area contributed by atoms with Crippen LogP contribution in [0.4, 0.5) is 0 Å². The van der Waals surface area contributed by atoms with Crippen LogP contribution in [0.5, 0.6) is 0 Å². The van der Waals surface area contributed by atoms with Gasteiger partial charge in [0.05, 0.1) is 17.6 Å². The van der Waals surface area contributed by atoms with E-state index in [1.54, 1.807) is 0 Å². The molecule has 0 spiro atoms. The molecule has 1 aliphatic rings. The van der Waals surface area contributed by atoms with E-state index in [4.69, 9.17) is 4.74 Å². The molecule has 0 radical (unpaired) electrons. The van der Waals surface area contributed by atoms with Crippen molar-refractivity contribution in [3.05, 3.63) is 48.2 Å². The molecule has 1 aromatic heterocycles. The number of H-pyrrole nitrogens is 1. The maximum absolute atomic E-state index is 12.8. The Morgan fingerprint density at radius 2 is 2.15 bits per heavy atom. The minimum atomic E-state index is -0.366. The summed E-state index contributed by atoms with van der Waals surface area (Å²) in [6.45, 7) is 2.11. The minimum absolute atomic E-state index is 0.0742. The number of para-hydroxylation sites is 1. The van der Waals surface area contributed by atoms with Gasteiger partial charge in [-0.25, -0.2) is 4.79 Å². The first-order valence-electron chi connectivity index (χ1n) is 8.80. The Balaban J connectivity index is 2.07. The summed E-state index contributed by atoms with van der Waals surface area (Å²) in [5.41, 5.74) is 2.16. The van der Waals surface area contributed by atoms with Gasteiger partial charge < -0.3 is 14.6 Å². The lowest BCUT2D eigenvalue weighted by Gasteiger charge is -2.30. The number of aromatic amines is 1. The SMILES string of the molecule is CC[C@@H]1C[C@H](/C=C/C(=O)OC)[C@H](c2c[nH]c3ccccc23)N1C(=O)CI. The number of methoxy groups -OCH3 is 1. The van der Waals surface area contributed by atoms with Gasteiger partial charge in [0.15, 0.2) is 0 Å².